The molecule has 3 rings (SSSR count). The van der Waals surface area contributed by atoms with Crippen molar-refractivity contribution < 1.29 is 4.74 Å². The molecule has 0 amide bonds. The number of halogens is 1. The van der Waals surface area contributed by atoms with E-state index < -0.39 is 0 Å². The fourth-order valence-corrected chi connectivity index (χ4v) is 3.49. The number of rotatable bonds is 7. The van der Waals surface area contributed by atoms with Crippen LogP contribution in [0.25, 0.3) is 0 Å². The van der Waals surface area contributed by atoms with Crippen molar-refractivity contribution in [2.24, 2.45) is 7.05 Å². The van der Waals surface area contributed by atoms with Crippen LogP contribution in [0, 0.1) is 18.3 Å². The van der Waals surface area contributed by atoms with Gasteiger partial charge in [0.2, 0.25) is 0 Å². The molecule has 0 unspecified atom stereocenters. The molecule has 5 nitrogen and oxygen atoms in total. The molecular formula is C20H19ClN4OS. The Morgan fingerprint density at radius 3 is 2.52 bits per heavy atom. The summed E-state index contributed by atoms with van der Waals surface area (Å²) >= 11 is 7.29. The van der Waals surface area contributed by atoms with Crippen LogP contribution in [0.4, 0.5) is 0 Å². The maximum atomic E-state index is 9.51. The average molecular weight is 399 g/mol. The van der Waals surface area contributed by atoms with Gasteiger partial charge in [0.05, 0.1) is 6.07 Å². The van der Waals surface area contributed by atoms with E-state index in [0.29, 0.717) is 34.8 Å². The molecule has 0 aliphatic heterocycles. The van der Waals surface area contributed by atoms with E-state index in [1.807, 2.05) is 30.7 Å². The van der Waals surface area contributed by atoms with E-state index in [2.05, 4.69) is 40.5 Å². The largest absolute Gasteiger partial charge is 0.486 e. The molecule has 0 spiro atoms. The second-order valence-electron chi connectivity index (χ2n) is 6.13. The molecule has 0 radical (unpaired) electrons. The number of aryl methyl sites for hydroxylation is 1. The van der Waals surface area contributed by atoms with Gasteiger partial charge >= 0.3 is 0 Å². The molecule has 27 heavy (non-hydrogen) atoms. The monoisotopic (exact) mass is 398 g/mol. The molecule has 138 valence electrons. The molecule has 0 bridgehead atoms. The lowest BCUT2D eigenvalue weighted by Crippen LogP contribution is -2.08. The topological polar surface area (TPSA) is 63.7 Å². The summed E-state index contributed by atoms with van der Waals surface area (Å²) < 4.78 is 7.58. The number of nitriles is 1. The number of aromatic nitrogens is 3. The highest BCUT2D eigenvalue weighted by Crippen LogP contribution is 2.25. The van der Waals surface area contributed by atoms with Gasteiger partial charge in [-0.25, -0.2) is 0 Å². The lowest BCUT2D eigenvalue weighted by Gasteiger charge is -2.10. The van der Waals surface area contributed by atoms with Crippen molar-refractivity contribution in [1.29, 1.82) is 5.26 Å². The maximum absolute atomic E-state index is 9.51. The zero-order valence-electron chi connectivity index (χ0n) is 15.1. The van der Waals surface area contributed by atoms with Crippen molar-refractivity contribution in [2.45, 2.75) is 30.4 Å². The normalized spacial score (nSPS) is 11.8. The SMILES string of the molecule is Cc1ccc(C[C@@H](C#N)Sc2nnc(COc3ccc(Cl)cc3)n2C)cc1. The van der Waals surface area contributed by atoms with Gasteiger partial charge in [0.1, 0.15) is 17.6 Å². The van der Waals surface area contributed by atoms with Crippen LogP contribution in [0.5, 0.6) is 5.75 Å². The number of hydrogen-bond acceptors (Lipinski definition) is 5. The van der Waals surface area contributed by atoms with Gasteiger partial charge in [-0.1, -0.05) is 53.2 Å². The number of ether oxygens (including phenoxy) is 1. The minimum atomic E-state index is -0.236. The molecule has 0 fully saturated rings. The standard InChI is InChI=1S/C20H19ClN4OS/c1-14-3-5-15(6-4-14)11-18(12-22)27-20-24-23-19(25(20)2)13-26-17-9-7-16(21)8-10-17/h3-10,18H,11,13H2,1-2H3/t18-/m0/s1. The summed E-state index contributed by atoms with van der Waals surface area (Å²) in [5.41, 5.74) is 2.34. The Kier molecular flexibility index (Phi) is 6.38. The first-order chi connectivity index (χ1) is 13.0. The van der Waals surface area contributed by atoms with Crippen LogP contribution in [-0.2, 0) is 20.1 Å². The Hall–Kier alpha value is -2.49. The van der Waals surface area contributed by atoms with E-state index in [9.17, 15) is 5.26 Å². The number of nitrogens with zero attached hydrogens (tertiary/aromatic N) is 4. The fraction of sp³-hybridized carbons (Fsp3) is 0.250. The summed E-state index contributed by atoms with van der Waals surface area (Å²) in [6, 6.07) is 17.7. The van der Waals surface area contributed by atoms with Gasteiger partial charge in [-0.3, -0.25) is 0 Å². The Bertz CT molecular complexity index is 932. The molecule has 0 aliphatic carbocycles. The molecular weight excluding hydrogens is 380 g/mol. The van der Waals surface area contributed by atoms with Gasteiger partial charge in [0, 0.05) is 12.1 Å². The summed E-state index contributed by atoms with van der Waals surface area (Å²) in [4.78, 5) is 0. The predicted octanol–water partition coefficient (Wildman–Crippen LogP) is 4.58. The Balaban J connectivity index is 1.62. The molecule has 2 aromatic carbocycles. The first-order valence-corrected chi connectivity index (χ1v) is 9.69. The van der Waals surface area contributed by atoms with Crippen molar-refractivity contribution in [3.05, 3.63) is 70.5 Å². The first kappa shape index (κ1) is 19.3. The fourth-order valence-electron chi connectivity index (χ4n) is 2.43. The van der Waals surface area contributed by atoms with E-state index in [1.54, 1.807) is 12.1 Å². The first-order valence-electron chi connectivity index (χ1n) is 8.43. The Labute approximate surface area is 167 Å². The number of thioether (sulfide) groups is 1. The van der Waals surface area contributed by atoms with Gasteiger partial charge < -0.3 is 9.30 Å². The van der Waals surface area contributed by atoms with Gasteiger partial charge in [0.25, 0.3) is 0 Å². The highest BCUT2D eigenvalue weighted by Gasteiger charge is 2.17. The van der Waals surface area contributed by atoms with Crippen molar-refractivity contribution in [3.8, 4) is 11.8 Å². The lowest BCUT2D eigenvalue weighted by atomic mass is 10.1. The van der Waals surface area contributed by atoms with E-state index in [-0.39, 0.29) is 5.25 Å². The lowest BCUT2D eigenvalue weighted by molar-refractivity contribution is 0.290. The third kappa shape index (κ3) is 5.25. The van der Waals surface area contributed by atoms with E-state index in [1.165, 1.54) is 17.3 Å². The Morgan fingerprint density at radius 1 is 1.15 bits per heavy atom. The molecule has 1 aromatic heterocycles. The quantitative estimate of drug-likeness (QED) is 0.545. The third-order valence-electron chi connectivity index (χ3n) is 4.04. The minimum Gasteiger partial charge on any atom is -0.486 e. The van der Waals surface area contributed by atoms with Gasteiger partial charge in [-0.05, 0) is 43.2 Å². The van der Waals surface area contributed by atoms with Crippen LogP contribution in [0.2, 0.25) is 5.02 Å². The Morgan fingerprint density at radius 2 is 1.85 bits per heavy atom. The van der Waals surface area contributed by atoms with E-state index in [0.717, 1.165) is 5.56 Å². The summed E-state index contributed by atoms with van der Waals surface area (Å²) in [6.45, 7) is 2.34. The highest BCUT2D eigenvalue weighted by molar-refractivity contribution is 8.00. The second kappa shape index (κ2) is 8.94. The summed E-state index contributed by atoms with van der Waals surface area (Å²) in [5.74, 6) is 1.41. The molecule has 0 aliphatic rings. The molecule has 0 N–H and O–H groups in total. The van der Waals surface area contributed by atoms with Crippen molar-refractivity contribution in [1.82, 2.24) is 14.8 Å². The zero-order valence-corrected chi connectivity index (χ0v) is 16.7. The van der Waals surface area contributed by atoms with Crippen LogP contribution >= 0.6 is 23.4 Å². The molecule has 1 atom stereocenters. The van der Waals surface area contributed by atoms with E-state index in [4.69, 9.17) is 16.3 Å². The molecule has 0 saturated heterocycles. The van der Waals surface area contributed by atoms with Crippen LogP contribution in [0.3, 0.4) is 0 Å². The smallest absolute Gasteiger partial charge is 0.192 e. The van der Waals surface area contributed by atoms with Gasteiger partial charge in [-0.2, -0.15) is 5.26 Å². The number of hydrogen-bond donors (Lipinski definition) is 0. The van der Waals surface area contributed by atoms with Crippen LogP contribution in [0.15, 0.2) is 53.7 Å². The minimum absolute atomic E-state index is 0.236. The molecule has 1 heterocycles. The third-order valence-corrected chi connectivity index (χ3v) is 5.41. The van der Waals surface area contributed by atoms with Crippen molar-refractivity contribution in [2.75, 3.05) is 0 Å². The van der Waals surface area contributed by atoms with Crippen molar-refractivity contribution in [3.63, 3.8) is 0 Å². The van der Waals surface area contributed by atoms with Gasteiger partial charge in [0.15, 0.2) is 11.0 Å². The summed E-state index contributed by atoms with van der Waals surface area (Å²) in [5, 5.41) is 19.0. The van der Waals surface area contributed by atoms with Crippen LogP contribution in [0.1, 0.15) is 17.0 Å². The molecule has 0 saturated carbocycles. The van der Waals surface area contributed by atoms with E-state index >= 15 is 0 Å². The van der Waals surface area contributed by atoms with Crippen LogP contribution < -0.4 is 4.74 Å². The molecule has 7 heteroatoms. The van der Waals surface area contributed by atoms with Gasteiger partial charge in [-0.15, -0.1) is 10.2 Å². The summed E-state index contributed by atoms with van der Waals surface area (Å²) in [7, 11) is 1.88. The second-order valence-corrected chi connectivity index (χ2v) is 7.73. The number of benzene rings is 2. The maximum Gasteiger partial charge on any atom is 0.192 e. The van der Waals surface area contributed by atoms with Crippen LogP contribution in [-0.4, -0.2) is 20.0 Å². The highest BCUT2D eigenvalue weighted by atomic mass is 35.5. The van der Waals surface area contributed by atoms with Crippen molar-refractivity contribution >= 4 is 23.4 Å². The predicted molar refractivity (Wildman–Crippen MR) is 107 cm³/mol. The average Bonchev–Trinajstić information content (AvgIpc) is 3.02. The molecule has 3 aromatic rings. The zero-order chi connectivity index (χ0) is 19.2. The summed E-state index contributed by atoms with van der Waals surface area (Å²) in [6.07, 6.45) is 0.658.